The van der Waals surface area contributed by atoms with E-state index >= 15 is 0 Å². The summed E-state index contributed by atoms with van der Waals surface area (Å²) in [4.78, 5) is 29.4. The zero-order valence-electron chi connectivity index (χ0n) is 14.3. The highest BCUT2D eigenvalue weighted by molar-refractivity contribution is 5.93. The molecule has 0 saturated carbocycles. The number of carbonyl (C=O) groups excluding carboxylic acids is 1. The van der Waals surface area contributed by atoms with Crippen molar-refractivity contribution in [2.24, 2.45) is 7.05 Å². The van der Waals surface area contributed by atoms with E-state index in [1.165, 1.54) is 11.7 Å². The van der Waals surface area contributed by atoms with Gasteiger partial charge in [-0.05, 0) is 19.1 Å². The minimum absolute atomic E-state index is 0.114. The van der Waals surface area contributed by atoms with Gasteiger partial charge >= 0.3 is 5.97 Å². The molecule has 0 bridgehead atoms. The number of fused-ring (bicyclic) bond motifs is 1. The van der Waals surface area contributed by atoms with Crippen LogP contribution in [0.4, 0.5) is 0 Å². The van der Waals surface area contributed by atoms with Crippen molar-refractivity contribution in [1.29, 1.82) is 0 Å². The Balaban J connectivity index is 2.21. The van der Waals surface area contributed by atoms with Gasteiger partial charge in [-0.15, -0.1) is 0 Å². The topological polar surface area (TPSA) is 70.4 Å². The lowest BCUT2D eigenvalue weighted by atomic mass is 10.1. The second-order valence-corrected chi connectivity index (χ2v) is 5.45. The third-order valence-corrected chi connectivity index (χ3v) is 3.95. The summed E-state index contributed by atoms with van der Waals surface area (Å²) in [7, 11) is 3.01. The average molecular weight is 338 g/mol. The SMILES string of the molecule is CCOC(=O)c1c(OC)cc(-c2ccc3ccccc3n2)n(C)c1=O. The molecule has 25 heavy (non-hydrogen) atoms. The molecule has 0 unspecified atom stereocenters. The molecule has 6 nitrogen and oxygen atoms in total. The van der Waals surface area contributed by atoms with Crippen LogP contribution in [0.15, 0.2) is 47.3 Å². The number of para-hydroxylation sites is 1. The Hall–Kier alpha value is -3.15. The summed E-state index contributed by atoms with van der Waals surface area (Å²) in [5.41, 5.74) is 1.40. The van der Waals surface area contributed by atoms with Gasteiger partial charge in [0.15, 0.2) is 5.56 Å². The summed E-state index contributed by atoms with van der Waals surface area (Å²) in [6, 6.07) is 13.1. The summed E-state index contributed by atoms with van der Waals surface area (Å²) in [5.74, 6) is -0.524. The fourth-order valence-electron chi connectivity index (χ4n) is 2.68. The molecule has 0 radical (unpaired) electrons. The quantitative estimate of drug-likeness (QED) is 0.684. The number of benzene rings is 1. The molecule has 0 fully saturated rings. The van der Waals surface area contributed by atoms with E-state index in [9.17, 15) is 9.59 Å². The Morgan fingerprint density at radius 2 is 1.96 bits per heavy atom. The van der Waals surface area contributed by atoms with Crippen molar-refractivity contribution < 1.29 is 14.3 Å². The van der Waals surface area contributed by atoms with Gasteiger partial charge in [0.2, 0.25) is 0 Å². The first kappa shape index (κ1) is 16.7. The molecule has 0 aliphatic rings. The molecular formula is C19H18N2O4. The maximum atomic E-state index is 12.7. The molecule has 2 heterocycles. The lowest BCUT2D eigenvalue weighted by Gasteiger charge is -2.14. The molecule has 0 aliphatic heterocycles. The van der Waals surface area contributed by atoms with Crippen molar-refractivity contribution in [1.82, 2.24) is 9.55 Å². The largest absolute Gasteiger partial charge is 0.496 e. The normalized spacial score (nSPS) is 10.7. The van der Waals surface area contributed by atoms with Crippen LogP contribution < -0.4 is 10.3 Å². The number of ether oxygens (including phenoxy) is 2. The lowest BCUT2D eigenvalue weighted by molar-refractivity contribution is 0.0520. The molecule has 6 heteroatoms. The first-order valence-corrected chi connectivity index (χ1v) is 7.88. The van der Waals surface area contributed by atoms with Crippen LogP contribution in [0.3, 0.4) is 0 Å². The van der Waals surface area contributed by atoms with Gasteiger partial charge in [0.1, 0.15) is 5.75 Å². The van der Waals surface area contributed by atoms with Gasteiger partial charge in [-0.3, -0.25) is 4.79 Å². The second-order valence-electron chi connectivity index (χ2n) is 5.45. The smallest absolute Gasteiger partial charge is 0.347 e. The molecule has 0 aliphatic carbocycles. The van der Waals surface area contributed by atoms with E-state index in [1.54, 1.807) is 20.0 Å². The van der Waals surface area contributed by atoms with Gasteiger partial charge in [-0.25, -0.2) is 9.78 Å². The molecule has 3 rings (SSSR count). The van der Waals surface area contributed by atoms with Crippen LogP contribution in [0, 0.1) is 0 Å². The zero-order valence-corrected chi connectivity index (χ0v) is 14.3. The predicted octanol–water partition coefficient (Wildman–Crippen LogP) is 2.79. The van der Waals surface area contributed by atoms with Crippen LogP contribution in [0.2, 0.25) is 0 Å². The van der Waals surface area contributed by atoms with Gasteiger partial charge in [-0.1, -0.05) is 24.3 Å². The molecule has 0 amide bonds. The van der Waals surface area contributed by atoms with Crippen molar-refractivity contribution >= 4 is 16.9 Å². The van der Waals surface area contributed by atoms with Crippen LogP contribution in [0.1, 0.15) is 17.3 Å². The fourth-order valence-corrected chi connectivity index (χ4v) is 2.68. The van der Waals surface area contributed by atoms with Gasteiger partial charge in [0, 0.05) is 18.5 Å². The number of esters is 1. The third-order valence-electron chi connectivity index (χ3n) is 3.95. The van der Waals surface area contributed by atoms with Gasteiger partial charge in [-0.2, -0.15) is 0 Å². The molecule has 0 N–H and O–H groups in total. The van der Waals surface area contributed by atoms with Crippen molar-refractivity contribution in [3.05, 3.63) is 58.4 Å². The lowest BCUT2D eigenvalue weighted by Crippen LogP contribution is -2.27. The standard InChI is InChI=1S/C19H18N2O4/c1-4-25-19(23)17-16(24-3)11-15(21(2)18(17)22)14-10-9-12-7-5-6-8-13(12)20-14/h5-11H,4H2,1-3H3. The number of rotatable bonds is 4. The van der Waals surface area contributed by atoms with Crippen molar-refractivity contribution in [3.8, 4) is 17.1 Å². The van der Waals surface area contributed by atoms with E-state index in [1.807, 2.05) is 36.4 Å². The maximum absolute atomic E-state index is 12.7. The number of carbonyl (C=O) groups is 1. The van der Waals surface area contributed by atoms with E-state index in [0.717, 1.165) is 10.9 Å². The summed E-state index contributed by atoms with van der Waals surface area (Å²) in [6.07, 6.45) is 0. The molecule has 128 valence electrons. The maximum Gasteiger partial charge on any atom is 0.347 e. The number of hydrogen-bond donors (Lipinski definition) is 0. The fraction of sp³-hybridized carbons (Fsp3) is 0.211. The Labute approximate surface area is 144 Å². The summed E-state index contributed by atoms with van der Waals surface area (Å²) < 4.78 is 11.6. The van der Waals surface area contributed by atoms with Crippen LogP contribution in [-0.2, 0) is 11.8 Å². The zero-order chi connectivity index (χ0) is 18.0. The van der Waals surface area contributed by atoms with Crippen molar-refractivity contribution in [2.75, 3.05) is 13.7 Å². The summed E-state index contributed by atoms with van der Waals surface area (Å²) in [6.45, 7) is 1.86. The van der Waals surface area contributed by atoms with E-state index in [-0.39, 0.29) is 17.9 Å². The molecule has 0 saturated heterocycles. The Morgan fingerprint density at radius 1 is 1.20 bits per heavy atom. The molecule has 3 aromatic rings. The minimum atomic E-state index is -0.696. The minimum Gasteiger partial charge on any atom is -0.496 e. The number of aromatic nitrogens is 2. The van der Waals surface area contributed by atoms with E-state index in [0.29, 0.717) is 11.4 Å². The molecule has 2 aromatic heterocycles. The number of methoxy groups -OCH3 is 1. The molecule has 0 spiro atoms. The van der Waals surface area contributed by atoms with Crippen molar-refractivity contribution in [2.45, 2.75) is 6.92 Å². The summed E-state index contributed by atoms with van der Waals surface area (Å²) in [5, 5.41) is 1.01. The number of pyridine rings is 2. The Kier molecular flexibility index (Phi) is 4.52. The van der Waals surface area contributed by atoms with E-state index in [2.05, 4.69) is 4.98 Å². The number of nitrogens with zero attached hydrogens (tertiary/aromatic N) is 2. The molecular weight excluding hydrogens is 320 g/mol. The highest BCUT2D eigenvalue weighted by Crippen LogP contribution is 2.25. The first-order valence-electron chi connectivity index (χ1n) is 7.88. The van der Waals surface area contributed by atoms with Crippen LogP contribution in [-0.4, -0.2) is 29.2 Å². The first-order chi connectivity index (χ1) is 12.1. The highest BCUT2D eigenvalue weighted by Gasteiger charge is 2.22. The third kappa shape index (κ3) is 2.98. The predicted molar refractivity (Wildman–Crippen MR) is 94.9 cm³/mol. The second kappa shape index (κ2) is 6.76. The summed E-state index contributed by atoms with van der Waals surface area (Å²) >= 11 is 0. The Morgan fingerprint density at radius 3 is 2.68 bits per heavy atom. The van der Waals surface area contributed by atoms with Crippen molar-refractivity contribution in [3.63, 3.8) is 0 Å². The molecule has 1 aromatic carbocycles. The van der Waals surface area contributed by atoms with Gasteiger partial charge < -0.3 is 14.0 Å². The van der Waals surface area contributed by atoms with Crippen LogP contribution >= 0.6 is 0 Å². The molecule has 0 atom stereocenters. The monoisotopic (exact) mass is 338 g/mol. The highest BCUT2D eigenvalue weighted by atomic mass is 16.5. The van der Waals surface area contributed by atoms with Crippen LogP contribution in [0.5, 0.6) is 5.75 Å². The van der Waals surface area contributed by atoms with E-state index < -0.39 is 11.5 Å². The average Bonchev–Trinajstić information content (AvgIpc) is 2.63. The van der Waals surface area contributed by atoms with Gasteiger partial charge in [0.05, 0.1) is 30.6 Å². The van der Waals surface area contributed by atoms with Crippen LogP contribution in [0.25, 0.3) is 22.3 Å². The Bertz CT molecular complexity index is 1010. The van der Waals surface area contributed by atoms with E-state index in [4.69, 9.17) is 9.47 Å². The van der Waals surface area contributed by atoms with Gasteiger partial charge in [0.25, 0.3) is 5.56 Å². The number of hydrogen-bond acceptors (Lipinski definition) is 5.